The Hall–Kier alpha value is -2.77. The molecule has 0 radical (unpaired) electrons. The van der Waals surface area contributed by atoms with Crippen LogP contribution >= 0.6 is 0 Å². The fourth-order valence-corrected chi connectivity index (χ4v) is 2.59. The molecule has 0 fully saturated rings. The number of para-hydroxylation sites is 2. The lowest BCUT2D eigenvalue weighted by molar-refractivity contribution is 0.0712. The van der Waals surface area contributed by atoms with Gasteiger partial charge in [0.25, 0.3) is 0 Å². The molecule has 1 aromatic heterocycles. The molecular formula is C16H21N5O3. The van der Waals surface area contributed by atoms with Crippen molar-refractivity contribution in [1.82, 2.24) is 25.0 Å². The zero-order valence-corrected chi connectivity index (χ0v) is 14.0. The molecule has 1 aromatic carbocycles. The summed E-state index contributed by atoms with van der Waals surface area (Å²) < 4.78 is 13.3. The molecule has 0 saturated carbocycles. The number of carbonyl (C=O) groups is 1. The highest BCUT2D eigenvalue weighted by molar-refractivity contribution is 5.74. The van der Waals surface area contributed by atoms with Crippen molar-refractivity contribution in [3.8, 4) is 11.5 Å². The van der Waals surface area contributed by atoms with E-state index in [9.17, 15) is 4.79 Å². The van der Waals surface area contributed by atoms with E-state index in [0.29, 0.717) is 24.7 Å². The molecule has 2 amide bonds. The molecule has 8 heteroatoms. The van der Waals surface area contributed by atoms with Crippen LogP contribution in [0.3, 0.4) is 0 Å². The van der Waals surface area contributed by atoms with Crippen LogP contribution in [0.1, 0.15) is 18.8 Å². The first kappa shape index (κ1) is 16.1. The fraction of sp³-hybridized carbons (Fsp3) is 0.438. The summed E-state index contributed by atoms with van der Waals surface area (Å²) in [6.45, 7) is 2.70. The summed E-state index contributed by atoms with van der Waals surface area (Å²) in [6, 6.07) is 7.08. The van der Waals surface area contributed by atoms with Crippen molar-refractivity contribution in [2.24, 2.45) is 7.05 Å². The summed E-state index contributed by atoms with van der Waals surface area (Å²) in [7, 11) is 3.56. The number of aromatic nitrogens is 3. The molecule has 2 atom stereocenters. The molecule has 0 bridgehead atoms. The number of urea groups is 1. The molecule has 0 aliphatic carbocycles. The van der Waals surface area contributed by atoms with Gasteiger partial charge in [-0.25, -0.2) is 4.79 Å². The number of fused-ring (bicyclic) bond motifs is 1. The first-order valence-electron chi connectivity index (χ1n) is 7.78. The van der Waals surface area contributed by atoms with Crippen LogP contribution in [0, 0.1) is 0 Å². The van der Waals surface area contributed by atoms with Crippen LogP contribution in [-0.2, 0) is 7.05 Å². The van der Waals surface area contributed by atoms with Crippen molar-refractivity contribution >= 4 is 6.03 Å². The summed E-state index contributed by atoms with van der Waals surface area (Å²) in [5.41, 5.74) is 0. The number of amides is 2. The summed E-state index contributed by atoms with van der Waals surface area (Å²) in [5.74, 6) is 2.13. The average molecular weight is 331 g/mol. The van der Waals surface area contributed by atoms with Crippen LogP contribution < -0.4 is 14.8 Å². The minimum atomic E-state index is -0.239. The van der Waals surface area contributed by atoms with Gasteiger partial charge in [0.15, 0.2) is 23.4 Å². The highest BCUT2D eigenvalue weighted by Crippen LogP contribution is 2.30. The van der Waals surface area contributed by atoms with Crippen molar-refractivity contribution in [2.45, 2.75) is 19.1 Å². The van der Waals surface area contributed by atoms with Gasteiger partial charge >= 0.3 is 6.03 Å². The Morgan fingerprint density at radius 3 is 2.92 bits per heavy atom. The summed E-state index contributed by atoms with van der Waals surface area (Å²) >= 11 is 0. The van der Waals surface area contributed by atoms with Crippen LogP contribution in [0.2, 0.25) is 0 Å². The summed E-state index contributed by atoms with van der Waals surface area (Å²) in [5, 5.41) is 10.7. The number of benzene rings is 1. The lowest BCUT2D eigenvalue weighted by atomic mass is 10.2. The van der Waals surface area contributed by atoms with E-state index in [1.165, 1.54) is 0 Å². The molecule has 3 rings (SSSR count). The molecule has 1 N–H and O–H groups in total. The zero-order valence-electron chi connectivity index (χ0n) is 14.0. The van der Waals surface area contributed by atoms with Gasteiger partial charge in [0, 0.05) is 14.1 Å². The molecule has 8 nitrogen and oxygen atoms in total. The molecule has 0 saturated heterocycles. The van der Waals surface area contributed by atoms with Gasteiger partial charge in [0.2, 0.25) is 0 Å². The van der Waals surface area contributed by atoms with Gasteiger partial charge in [0.1, 0.15) is 12.9 Å². The first-order chi connectivity index (χ1) is 11.5. The van der Waals surface area contributed by atoms with Crippen LogP contribution in [0.5, 0.6) is 11.5 Å². The van der Waals surface area contributed by atoms with Crippen LogP contribution in [0.4, 0.5) is 4.79 Å². The number of hydrogen-bond acceptors (Lipinski definition) is 5. The van der Waals surface area contributed by atoms with Gasteiger partial charge in [0.05, 0.1) is 12.6 Å². The van der Waals surface area contributed by atoms with E-state index >= 15 is 0 Å². The SMILES string of the molecule is C[C@H](NC(=O)N(C)C[C@@H]1COc2ccccc2O1)c1nncn1C. The lowest BCUT2D eigenvalue weighted by Crippen LogP contribution is -2.46. The van der Waals surface area contributed by atoms with E-state index in [4.69, 9.17) is 9.47 Å². The molecule has 1 aliphatic rings. The molecular weight excluding hydrogens is 310 g/mol. The molecule has 24 heavy (non-hydrogen) atoms. The van der Waals surface area contributed by atoms with Gasteiger partial charge in [-0.05, 0) is 19.1 Å². The van der Waals surface area contributed by atoms with Gasteiger partial charge < -0.3 is 24.3 Å². The molecule has 2 heterocycles. The van der Waals surface area contributed by atoms with Gasteiger partial charge in [-0.15, -0.1) is 10.2 Å². The molecule has 0 unspecified atom stereocenters. The quantitative estimate of drug-likeness (QED) is 0.915. The predicted octanol–water partition coefficient (Wildman–Crippen LogP) is 1.36. The Morgan fingerprint density at radius 2 is 2.21 bits per heavy atom. The second kappa shape index (κ2) is 6.77. The van der Waals surface area contributed by atoms with Crippen molar-refractivity contribution in [2.75, 3.05) is 20.2 Å². The third-order valence-electron chi connectivity index (χ3n) is 3.87. The third-order valence-corrected chi connectivity index (χ3v) is 3.87. The van der Waals surface area contributed by atoms with Crippen LogP contribution in [0.25, 0.3) is 0 Å². The normalized spacial score (nSPS) is 17.2. The Kier molecular flexibility index (Phi) is 4.54. The number of rotatable bonds is 4. The first-order valence-corrected chi connectivity index (χ1v) is 7.78. The smallest absolute Gasteiger partial charge is 0.317 e. The van der Waals surface area contributed by atoms with Crippen LogP contribution in [-0.4, -0.2) is 52.0 Å². The topological polar surface area (TPSA) is 81.5 Å². The largest absolute Gasteiger partial charge is 0.486 e. The Balaban J connectivity index is 1.54. The number of ether oxygens (including phenoxy) is 2. The van der Waals surface area contributed by atoms with Crippen molar-refractivity contribution in [3.63, 3.8) is 0 Å². The van der Waals surface area contributed by atoms with E-state index in [2.05, 4.69) is 15.5 Å². The summed E-state index contributed by atoms with van der Waals surface area (Å²) in [6.07, 6.45) is 1.40. The maximum absolute atomic E-state index is 12.3. The molecule has 1 aliphatic heterocycles. The average Bonchev–Trinajstić information content (AvgIpc) is 3.00. The number of nitrogens with zero attached hydrogens (tertiary/aromatic N) is 4. The molecule has 128 valence electrons. The maximum atomic E-state index is 12.3. The minimum Gasteiger partial charge on any atom is -0.486 e. The second-order valence-corrected chi connectivity index (χ2v) is 5.85. The number of likely N-dealkylation sites (N-methyl/N-ethyl adjacent to an activating group) is 1. The number of aryl methyl sites for hydroxylation is 1. The second-order valence-electron chi connectivity index (χ2n) is 5.85. The highest BCUT2D eigenvalue weighted by atomic mass is 16.6. The Morgan fingerprint density at radius 1 is 1.46 bits per heavy atom. The van der Waals surface area contributed by atoms with E-state index < -0.39 is 0 Å². The van der Waals surface area contributed by atoms with E-state index in [0.717, 1.165) is 5.75 Å². The van der Waals surface area contributed by atoms with E-state index in [1.54, 1.807) is 22.8 Å². The number of hydrogen-bond donors (Lipinski definition) is 1. The summed E-state index contributed by atoms with van der Waals surface area (Å²) in [4.78, 5) is 13.9. The monoisotopic (exact) mass is 331 g/mol. The van der Waals surface area contributed by atoms with Crippen molar-refractivity contribution < 1.29 is 14.3 Å². The number of carbonyl (C=O) groups excluding carboxylic acids is 1. The predicted molar refractivity (Wildman–Crippen MR) is 86.9 cm³/mol. The molecule has 2 aromatic rings. The van der Waals surface area contributed by atoms with E-state index in [-0.39, 0.29) is 18.2 Å². The number of nitrogens with one attached hydrogen (secondary N) is 1. The van der Waals surface area contributed by atoms with Gasteiger partial charge in [-0.1, -0.05) is 12.1 Å². The molecule has 0 spiro atoms. The standard InChI is InChI=1S/C16H21N5O3/c1-11(15-19-17-10-21(15)3)18-16(22)20(2)8-12-9-23-13-6-4-5-7-14(13)24-12/h4-7,10-12H,8-9H2,1-3H3,(H,18,22)/t11-,12+/m0/s1. The minimum absolute atomic E-state index is 0.201. The Bertz CT molecular complexity index is 717. The van der Waals surface area contributed by atoms with Gasteiger partial charge in [-0.2, -0.15) is 0 Å². The van der Waals surface area contributed by atoms with Gasteiger partial charge in [-0.3, -0.25) is 0 Å². The fourth-order valence-electron chi connectivity index (χ4n) is 2.59. The van der Waals surface area contributed by atoms with Crippen LogP contribution in [0.15, 0.2) is 30.6 Å². The zero-order chi connectivity index (χ0) is 17.1. The van der Waals surface area contributed by atoms with E-state index in [1.807, 2.05) is 38.2 Å². The Labute approximate surface area is 140 Å². The van der Waals surface area contributed by atoms with Crippen molar-refractivity contribution in [3.05, 3.63) is 36.4 Å². The maximum Gasteiger partial charge on any atom is 0.317 e. The van der Waals surface area contributed by atoms with Crippen molar-refractivity contribution in [1.29, 1.82) is 0 Å². The third kappa shape index (κ3) is 3.42. The lowest BCUT2D eigenvalue weighted by Gasteiger charge is -2.30. The highest BCUT2D eigenvalue weighted by Gasteiger charge is 2.24.